The highest BCUT2D eigenvalue weighted by molar-refractivity contribution is 6.10. The van der Waals surface area contributed by atoms with Gasteiger partial charge < -0.3 is 20.9 Å². The summed E-state index contributed by atoms with van der Waals surface area (Å²) in [4.78, 5) is 42.5. The van der Waals surface area contributed by atoms with Crippen molar-refractivity contribution in [2.75, 3.05) is 17.7 Å². The maximum atomic E-state index is 13.2. The molecule has 1 aromatic heterocycles. The summed E-state index contributed by atoms with van der Waals surface area (Å²) in [5.74, 6) is -3.49. The van der Waals surface area contributed by atoms with Crippen LogP contribution in [0.2, 0.25) is 0 Å². The molecule has 0 unspecified atom stereocenters. The van der Waals surface area contributed by atoms with E-state index < -0.39 is 29.4 Å². The quantitative estimate of drug-likeness (QED) is 0.528. The number of carbonyl (C=O) groups excluding carboxylic acids is 3. The monoisotopic (exact) mass is 399 g/mol. The molecule has 0 fully saturated rings. The number of hydrogen-bond donors (Lipinski definition) is 4. The zero-order valence-electron chi connectivity index (χ0n) is 15.0. The average molecular weight is 399 g/mol. The van der Waals surface area contributed by atoms with Gasteiger partial charge in [-0.25, -0.2) is 13.8 Å². The minimum absolute atomic E-state index is 0.00476. The molecule has 0 spiro atoms. The number of aromatic amines is 1. The van der Waals surface area contributed by atoms with E-state index in [0.29, 0.717) is 17.4 Å². The number of halogens is 2. The Morgan fingerprint density at radius 3 is 1.97 bits per heavy atom. The van der Waals surface area contributed by atoms with E-state index in [0.717, 1.165) is 12.1 Å². The molecule has 29 heavy (non-hydrogen) atoms. The number of rotatable bonds is 5. The molecule has 8 nitrogen and oxygen atoms in total. The summed E-state index contributed by atoms with van der Waals surface area (Å²) in [5, 5.41) is 7.47. The highest BCUT2D eigenvalue weighted by Gasteiger charge is 2.19. The molecule has 0 bridgehead atoms. The molecule has 148 valence electrons. The molecule has 0 aliphatic heterocycles. The van der Waals surface area contributed by atoms with Gasteiger partial charge in [-0.2, -0.15) is 0 Å². The van der Waals surface area contributed by atoms with Gasteiger partial charge in [-0.15, -0.1) is 0 Å². The Morgan fingerprint density at radius 2 is 1.41 bits per heavy atom. The lowest BCUT2D eigenvalue weighted by Gasteiger charge is -2.08. The van der Waals surface area contributed by atoms with E-state index in [4.69, 9.17) is 0 Å². The molecule has 0 atom stereocenters. The summed E-state index contributed by atoms with van der Waals surface area (Å²) in [6.45, 7) is 0. The fraction of sp³-hybridized carbons (Fsp3) is 0.0526. The minimum Gasteiger partial charge on any atom is -0.354 e. The largest absolute Gasteiger partial charge is 0.354 e. The van der Waals surface area contributed by atoms with Crippen molar-refractivity contribution >= 4 is 29.1 Å². The maximum absolute atomic E-state index is 13.2. The Bertz CT molecular complexity index is 1060. The van der Waals surface area contributed by atoms with E-state index >= 15 is 0 Å². The second-order valence-corrected chi connectivity index (χ2v) is 5.85. The molecule has 2 aromatic carbocycles. The molecule has 10 heteroatoms. The van der Waals surface area contributed by atoms with Crippen LogP contribution in [0.15, 0.2) is 48.8 Å². The molecular formula is C19H15F2N5O3. The van der Waals surface area contributed by atoms with E-state index in [2.05, 4.69) is 25.9 Å². The number of nitrogens with one attached hydrogen (secondary N) is 4. The molecule has 1 heterocycles. The van der Waals surface area contributed by atoms with Crippen LogP contribution >= 0.6 is 0 Å². The summed E-state index contributed by atoms with van der Waals surface area (Å²) in [6, 6.07) is 8.52. The molecule has 0 aliphatic rings. The van der Waals surface area contributed by atoms with E-state index in [-0.39, 0.29) is 17.0 Å². The van der Waals surface area contributed by atoms with Crippen molar-refractivity contribution in [1.82, 2.24) is 15.3 Å². The Labute approximate surface area is 163 Å². The molecule has 4 N–H and O–H groups in total. The first kappa shape index (κ1) is 19.7. The van der Waals surface area contributed by atoms with Crippen molar-refractivity contribution in [2.45, 2.75) is 0 Å². The van der Waals surface area contributed by atoms with Crippen LogP contribution in [0.3, 0.4) is 0 Å². The number of carbonyl (C=O) groups is 3. The number of amides is 3. The van der Waals surface area contributed by atoms with Crippen molar-refractivity contribution in [3.63, 3.8) is 0 Å². The fourth-order valence-electron chi connectivity index (χ4n) is 2.48. The van der Waals surface area contributed by atoms with Crippen LogP contribution in [0, 0.1) is 11.6 Å². The summed E-state index contributed by atoms with van der Waals surface area (Å²) in [7, 11) is 1.42. The van der Waals surface area contributed by atoms with Gasteiger partial charge in [0, 0.05) is 30.1 Å². The number of anilines is 2. The van der Waals surface area contributed by atoms with Gasteiger partial charge in [0.25, 0.3) is 17.7 Å². The number of aromatic nitrogens is 2. The smallest absolute Gasteiger partial charge is 0.274 e. The summed E-state index contributed by atoms with van der Waals surface area (Å²) >= 11 is 0. The Hall–Kier alpha value is -4.08. The van der Waals surface area contributed by atoms with E-state index in [9.17, 15) is 23.2 Å². The molecule has 0 saturated heterocycles. The van der Waals surface area contributed by atoms with Gasteiger partial charge >= 0.3 is 0 Å². The first-order valence-electron chi connectivity index (χ1n) is 8.31. The Balaban J connectivity index is 1.67. The van der Waals surface area contributed by atoms with Crippen LogP contribution in [0.25, 0.3) is 0 Å². The average Bonchev–Trinajstić information content (AvgIpc) is 3.18. The zero-order valence-corrected chi connectivity index (χ0v) is 15.0. The first-order chi connectivity index (χ1) is 13.9. The van der Waals surface area contributed by atoms with Gasteiger partial charge in [0.05, 0.1) is 6.33 Å². The lowest BCUT2D eigenvalue weighted by Crippen LogP contribution is -2.23. The number of imidazole rings is 1. The van der Waals surface area contributed by atoms with Gasteiger partial charge in [0.2, 0.25) is 0 Å². The molecule has 0 radical (unpaired) electrons. The predicted molar refractivity (Wildman–Crippen MR) is 101 cm³/mol. The van der Waals surface area contributed by atoms with Crippen molar-refractivity contribution in [1.29, 1.82) is 0 Å². The van der Waals surface area contributed by atoms with Crippen LogP contribution < -0.4 is 16.0 Å². The highest BCUT2D eigenvalue weighted by Crippen LogP contribution is 2.17. The molecule has 0 saturated carbocycles. The standard InChI is InChI=1S/C19H15F2N5O3/c1-22-18(28)15-16(24-9-23-15)19(29)26-14-4-2-13(3-5-14)25-17(27)10-6-11(20)8-12(21)7-10/h2-9H,1H3,(H,22,28)(H,23,24)(H,25,27)(H,26,29). The molecule has 3 aromatic rings. The second-order valence-electron chi connectivity index (χ2n) is 5.85. The number of nitrogens with zero attached hydrogens (tertiary/aromatic N) is 1. The van der Waals surface area contributed by atoms with Gasteiger partial charge in [0.15, 0.2) is 5.69 Å². The van der Waals surface area contributed by atoms with Crippen molar-refractivity contribution in [2.24, 2.45) is 0 Å². The number of benzene rings is 2. The Kier molecular flexibility index (Phi) is 5.63. The van der Waals surface area contributed by atoms with Gasteiger partial charge in [-0.1, -0.05) is 0 Å². The third-order valence-electron chi connectivity index (χ3n) is 3.83. The third kappa shape index (κ3) is 4.61. The molecular weight excluding hydrogens is 384 g/mol. The van der Waals surface area contributed by atoms with Gasteiger partial charge in [0.1, 0.15) is 17.3 Å². The van der Waals surface area contributed by atoms with Crippen molar-refractivity contribution in [3.8, 4) is 0 Å². The molecule has 3 rings (SSSR count). The fourth-order valence-corrected chi connectivity index (χ4v) is 2.48. The summed E-state index contributed by atoms with van der Waals surface area (Å²) < 4.78 is 26.5. The summed E-state index contributed by atoms with van der Waals surface area (Å²) in [5.41, 5.74) is 0.527. The van der Waals surface area contributed by atoms with Gasteiger partial charge in [-0.3, -0.25) is 14.4 Å². The van der Waals surface area contributed by atoms with Crippen LogP contribution in [0.4, 0.5) is 20.2 Å². The predicted octanol–water partition coefficient (Wildman–Crippen LogP) is 2.55. The highest BCUT2D eigenvalue weighted by atomic mass is 19.1. The second kappa shape index (κ2) is 8.30. The SMILES string of the molecule is CNC(=O)c1nc[nH]c1C(=O)Nc1ccc(NC(=O)c2cc(F)cc(F)c2)cc1. The maximum Gasteiger partial charge on any atom is 0.274 e. The third-order valence-corrected chi connectivity index (χ3v) is 3.83. The lowest BCUT2D eigenvalue weighted by molar-refractivity contribution is 0.0943. The topological polar surface area (TPSA) is 116 Å². The van der Waals surface area contributed by atoms with E-state index in [1.54, 1.807) is 0 Å². The minimum atomic E-state index is -0.858. The number of H-pyrrole nitrogens is 1. The van der Waals surface area contributed by atoms with Crippen molar-refractivity contribution < 1.29 is 23.2 Å². The lowest BCUT2D eigenvalue weighted by atomic mass is 10.2. The number of hydrogen-bond acceptors (Lipinski definition) is 4. The van der Waals surface area contributed by atoms with Crippen molar-refractivity contribution in [3.05, 3.63) is 77.4 Å². The normalized spacial score (nSPS) is 10.3. The van der Waals surface area contributed by atoms with E-state index in [1.807, 2.05) is 0 Å². The molecule has 3 amide bonds. The van der Waals surface area contributed by atoms with E-state index in [1.165, 1.54) is 37.6 Å². The van der Waals surface area contributed by atoms with Crippen LogP contribution in [-0.2, 0) is 0 Å². The van der Waals surface area contributed by atoms with Gasteiger partial charge in [-0.05, 0) is 36.4 Å². The van der Waals surface area contributed by atoms with Crippen LogP contribution in [-0.4, -0.2) is 34.7 Å². The molecule has 0 aliphatic carbocycles. The van der Waals surface area contributed by atoms with Crippen LogP contribution in [0.5, 0.6) is 0 Å². The Morgan fingerprint density at radius 1 is 0.862 bits per heavy atom. The zero-order chi connectivity index (χ0) is 21.0. The van der Waals surface area contributed by atoms with Crippen LogP contribution in [0.1, 0.15) is 31.3 Å². The summed E-state index contributed by atoms with van der Waals surface area (Å²) in [6.07, 6.45) is 1.23. The first-order valence-corrected chi connectivity index (χ1v) is 8.31.